The van der Waals surface area contributed by atoms with Gasteiger partial charge in [0.2, 0.25) is 0 Å². The van der Waals surface area contributed by atoms with Gasteiger partial charge in [0.25, 0.3) is 0 Å². The molecule has 0 aliphatic carbocycles. The molecule has 0 unspecified atom stereocenters. The van der Waals surface area contributed by atoms with E-state index in [1.54, 1.807) is 5.92 Å². The van der Waals surface area contributed by atoms with Gasteiger partial charge in [-0.25, -0.2) is 0 Å². The van der Waals surface area contributed by atoms with E-state index in [9.17, 15) is 0 Å². The maximum atomic E-state index is 2.29. The molecule has 0 rings (SSSR count). The van der Waals surface area contributed by atoms with Crippen LogP contribution in [0.1, 0.15) is 47.0 Å². The smallest absolute Gasteiger partial charge is 0.0218 e. The van der Waals surface area contributed by atoms with Crippen LogP contribution in [0.2, 0.25) is 0 Å². The second kappa shape index (κ2) is 4.84. The van der Waals surface area contributed by atoms with Crippen LogP contribution in [0.25, 0.3) is 0 Å². The molecule has 0 saturated carbocycles. The second-order valence-corrected chi connectivity index (χ2v) is 2.92. The first kappa shape index (κ1) is 9.00. The van der Waals surface area contributed by atoms with E-state index in [0.29, 0.717) is 0 Å². The Kier molecular flexibility index (Phi) is 4.84. The molecule has 0 fully saturated rings. The summed E-state index contributed by atoms with van der Waals surface area (Å²) in [5.41, 5.74) is 0. The topological polar surface area (TPSA) is 0 Å². The van der Waals surface area contributed by atoms with Crippen LogP contribution in [0.4, 0.5) is 0 Å². The molecule has 9 heavy (non-hydrogen) atoms. The highest BCUT2D eigenvalue weighted by Gasteiger charge is 2.08. The fourth-order valence-corrected chi connectivity index (χ4v) is 1.19. The van der Waals surface area contributed by atoms with Crippen molar-refractivity contribution in [3.05, 3.63) is 5.92 Å². The quantitative estimate of drug-likeness (QED) is 0.542. The van der Waals surface area contributed by atoms with Gasteiger partial charge < -0.3 is 0 Å². The van der Waals surface area contributed by atoms with Crippen molar-refractivity contribution in [2.24, 2.45) is 5.92 Å². The van der Waals surface area contributed by atoms with Gasteiger partial charge in [-0.05, 0) is 24.7 Å². The molecule has 0 N–H and O–H groups in total. The summed E-state index contributed by atoms with van der Waals surface area (Å²) in [5, 5.41) is 0. The molecule has 0 atom stereocenters. The Morgan fingerprint density at radius 2 is 1.78 bits per heavy atom. The molecule has 0 heteroatoms. The zero-order chi connectivity index (χ0) is 7.28. The summed E-state index contributed by atoms with van der Waals surface area (Å²) in [6.45, 7) is 9.08. The van der Waals surface area contributed by atoms with Crippen LogP contribution in [0.15, 0.2) is 0 Å². The molecule has 0 aromatic heterocycles. The van der Waals surface area contributed by atoms with Gasteiger partial charge in [0.05, 0.1) is 0 Å². The number of rotatable bonds is 4. The van der Waals surface area contributed by atoms with Crippen LogP contribution < -0.4 is 0 Å². The molecule has 0 bridgehead atoms. The van der Waals surface area contributed by atoms with E-state index in [-0.39, 0.29) is 0 Å². The number of hydrogen-bond donors (Lipinski definition) is 0. The third-order valence-electron chi connectivity index (χ3n) is 1.84. The van der Waals surface area contributed by atoms with Gasteiger partial charge in [0.15, 0.2) is 0 Å². The maximum Gasteiger partial charge on any atom is -0.0218 e. The summed E-state index contributed by atoms with van der Waals surface area (Å²) in [6.07, 6.45) is 3.90. The highest BCUT2D eigenvalue weighted by atomic mass is 14.1. The Hall–Kier alpha value is 0. The molecule has 0 aromatic carbocycles. The minimum Gasteiger partial charge on any atom is -0.0654 e. The minimum atomic E-state index is 0.801. The minimum absolute atomic E-state index is 0.801. The fraction of sp³-hybridized carbons (Fsp3) is 0.889. The standard InChI is InChI=1S/C9H19/c1-5-7-9(6-2)8(3)4/h8H,5-7H2,1-4H3. The largest absolute Gasteiger partial charge is 0.0654 e. The summed E-state index contributed by atoms with van der Waals surface area (Å²) < 4.78 is 0. The molecule has 0 amide bonds. The zero-order valence-corrected chi connectivity index (χ0v) is 7.20. The lowest BCUT2D eigenvalue weighted by Gasteiger charge is -2.16. The Morgan fingerprint density at radius 3 is 1.89 bits per heavy atom. The molecule has 0 nitrogen and oxygen atoms in total. The fourth-order valence-electron chi connectivity index (χ4n) is 1.19. The summed E-state index contributed by atoms with van der Waals surface area (Å²) in [4.78, 5) is 0. The van der Waals surface area contributed by atoms with Crippen LogP contribution in [0.5, 0.6) is 0 Å². The van der Waals surface area contributed by atoms with Crippen molar-refractivity contribution in [1.29, 1.82) is 0 Å². The van der Waals surface area contributed by atoms with E-state index in [4.69, 9.17) is 0 Å². The van der Waals surface area contributed by atoms with Crippen LogP contribution in [0, 0.1) is 11.8 Å². The van der Waals surface area contributed by atoms with E-state index < -0.39 is 0 Å². The summed E-state index contributed by atoms with van der Waals surface area (Å²) >= 11 is 0. The maximum absolute atomic E-state index is 2.29. The lowest BCUT2D eigenvalue weighted by atomic mass is 9.89. The van der Waals surface area contributed by atoms with Gasteiger partial charge in [0.1, 0.15) is 0 Å². The van der Waals surface area contributed by atoms with E-state index in [1.165, 1.54) is 19.3 Å². The Morgan fingerprint density at radius 1 is 1.22 bits per heavy atom. The van der Waals surface area contributed by atoms with Crippen molar-refractivity contribution in [2.75, 3.05) is 0 Å². The zero-order valence-electron chi connectivity index (χ0n) is 7.20. The molecule has 0 saturated heterocycles. The van der Waals surface area contributed by atoms with Gasteiger partial charge in [-0.1, -0.05) is 34.1 Å². The van der Waals surface area contributed by atoms with Crippen molar-refractivity contribution in [3.8, 4) is 0 Å². The molecule has 0 aromatic rings. The van der Waals surface area contributed by atoms with Gasteiger partial charge in [0, 0.05) is 0 Å². The molecule has 1 radical (unpaired) electrons. The molecule has 55 valence electrons. The predicted molar refractivity (Wildman–Crippen MR) is 43.3 cm³/mol. The average Bonchev–Trinajstić information content (AvgIpc) is 1.82. The first-order chi connectivity index (χ1) is 4.22. The molecule has 0 heterocycles. The van der Waals surface area contributed by atoms with Crippen LogP contribution in [-0.4, -0.2) is 0 Å². The van der Waals surface area contributed by atoms with Crippen LogP contribution in [-0.2, 0) is 0 Å². The average molecular weight is 127 g/mol. The first-order valence-electron chi connectivity index (χ1n) is 4.06. The van der Waals surface area contributed by atoms with Crippen molar-refractivity contribution < 1.29 is 0 Å². The Balaban J connectivity index is 3.41. The monoisotopic (exact) mass is 127 g/mol. The van der Waals surface area contributed by atoms with Crippen LogP contribution >= 0.6 is 0 Å². The van der Waals surface area contributed by atoms with E-state index in [1.807, 2.05) is 0 Å². The predicted octanol–water partition coefficient (Wildman–Crippen LogP) is 3.43. The molecule has 0 spiro atoms. The molecular formula is C9H19. The van der Waals surface area contributed by atoms with Gasteiger partial charge in [-0.2, -0.15) is 0 Å². The summed E-state index contributed by atoms with van der Waals surface area (Å²) in [6, 6.07) is 0. The Labute approximate surface area is 59.7 Å². The first-order valence-corrected chi connectivity index (χ1v) is 4.06. The third-order valence-corrected chi connectivity index (χ3v) is 1.84. The third kappa shape index (κ3) is 3.56. The lowest BCUT2D eigenvalue weighted by molar-refractivity contribution is 0.560. The highest BCUT2D eigenvalue weighted by molar-refractivity contribution is 4.90. The Bertz CT molecular complexity index is 55.1. The molecule has 0 aliphatic heterocycles. The second-order valence-electron chi connectivity index (χ2n) is 2.92. The lowest BCUT2D eigenvalue weighted by Crippen LogP contribution is -2.03. The van der Waals surface area contributed by atoms with Gasteiger partial charge >= 0.3 is 0 Å². The summed E-state index contributed by atoms with van der Waals surface area (Å²) in [7, 11) is 0. The van der Waals surface area contributed by atoms with E-state index in [2.05, 4.69) is 27.7 Å². The normalized spacial score (nSPS) is 11.3. The molecule has 0 aliphatic rings. The van der Waals surface area contributed by atoms with Crippen molar-refractivity contribution in [3.63, 3.8) is 0 Å². The highest BCUT2D eigenvalue weighted by Crippen LogP contribution is 2.22. The van der Waals surface area contributed by atoms with Gasteiger partial charge in [-0.15, -0.1) is 0 Å². The SMILES string of the molecule is CCC[C](CC)C(C)C. The van der Waals surface area contributed by atoms with E-state index >= 15 is 0 Å². The van der Waals surface area contributed by atoms with Gasteiger partial charge in [-0.3, -0.25) is 0 Å². The van der Waals surface area contributed by atoms with Crippen molar-refractivity contribution in [2.45, 2.75) is 47.0 Å². The van der Waals surface area contributed by atoms with Crippen molar-refractivity contribution in [1.82, 2.24) is 0 Å². The summed E-state index contributed by atoms with van der Waals surface area (Å²) in [5.74, 6) is 2.52. The van der Waals surface area contributed by atoms with E-state index in [0.717, 1.165) is 5.92 Å². The van der Waals surface area contributed by atoms with Crippen molar-refractivity contribution >= 4 is 0 Å². The van der Waals surface area contributed by atoms with Crippen LogP contribution in [0.3, 0.4) is 0 Å². The number of hydrogen-bond acceptors (Lipinski definition) is 0. The molecular weight excluding hydrogens is 108 g/mol.